The van der Waals surface area contributed by atoms with Crippen molar-refractivity contribution in [1.82, 2.24) is 25.0 Å². The Balaban J connectivity index is 1.45. The highest BCUT2D eigenvalue weighted by Gasteiger charge is 2.24. The number of nitrogens with one attached hydrogen (secondary N) is 1. The number of hydrogen-bond acceptors (Lipinski definition) is 6. The molecule has 4 rings (SSSR count). The maximum atomic E-state index is 12.6. The molecule has 1 saturated heterocycles. The monoisotopic (exact) mass is 376 g/mol. The first-order valence-electron chi connectivity index (χ1n) is 9.11. The van der Waals surface area contributed by atoms with Crippen molar-refractivity contribution in [2.24, 2.45) is 0 Å². The van der Waals surface area contributed by atoms with Crippen molar-refractivity contribution in [3.8, 4) is 0 Å². The summed E-state index contributed by atoms with van der Waals surface area (Å²) in [5, 5.41) is 12.4. The molecule has 1 aliphatic heterocycles. The number of anilines is 2. The highest BCUT2D eigenvalue weighted by Crippen LogP contribution is 2.23. The van der Waals surface area contributed by atoms with Crippen molar-refractivity contribution in [1.29, 1.82) is 0 Å². The predicted octanol–water partition coefficient (Wildman–Crippen LogP) is 2.07. The van der Waals surface area contributed by atoms with E-state index in [-0.39, 0.29) is 17.5 Å². The number of fused-ring (bicyclic) bond motifs is 1. The van der Waals surface area contributed by atoms with Crippen LogP contribution in [-0.4, -0.2) is 63.0 Å². The van der Waals surface area contributed by atoms with E-state index in [9.17, 15) is 9.59 Å². The van der Waals surface area contributed by atoms with Crippen LogP contribution >= 0.6 is 0 Å². The van der Waals surface area contributed by atoms with Gasteiger partial charge in [-0.3, -0.25) is 14.6 Å². The first kappa shape index (κ1) is 17.8. The van der Waals surface area contributed by atoms with Crippen LogP contribution in [0.1, 0.15) is 17.4 Å². The number of carbonyl (C=O) groups excluding carboxylic acids is 2. The van der Waals surface area contributed by atoms with E-state index >= 15 is 0 Å². The van der Waals surface area contributed by atoms with Gasteiger partial charge in [0.2, 0.25) is 5.91 Å². The van der Waals surface area contributed by atoms with Crippen LogP contribution in [0.4, 0.5) is 11.5 Å². The van der Waals surface area contributed by atoms with Gasteiger partial charge < -0.3 is 15.1 Å². The van der Waals surface area contributed by atoms with Crippen LogP contribution in [0, 0.1) is 0 Å². The molecule has 1 N–H and O–H groups in total. The number of piperazine rings is 1. The van der Waals surface area contributed by atoms with Gasteiger partial charge in [0.05, 0.1) is 11.2 Å². The molecule has 142 valence electrons. The Morgan fingerprint density at radius 3 is 2.39 bits per heavy atom. The molecule has 8 nitrogen and oxygen atoms in total. The highest BCUT2D eigenvalue weighted by atomic mass is 16.2. The maximum Gasteiger partial charge on any atom is 0.274 e. The minimum atomic E-state index is -0.172. The minimum absolute atomic E-state index is 0.0326. The number of aromatic nitrogens is 3. The largest absolute Gasteiger partial charge is 0.339 e. The molecular formula is C20H20N6O2. The van der Waals surface area contributed by atoms with Crippen LogP contribution in [-0.2, 0) is 4.79 Å². The van der Waals surface area contributed by atoms with E-state index < -0.39 is 0 Å². The summed E-state index contributed by atoms with van der Waals surface area (Å²) in [5.41, 5.74) is 1.96. The average molecular weight is 376 g/mol. The molecule has 2 aromatic heterocycles. The number of pyridine rings is 1. The van der Waals surface area contributed by atoms with Gasteiger partial charge in [-0.05, 0) is 24.3 Å². The lowest BCUT2D eigenvalue weighted by molar-refractivity contribution is -0.130. The molecule has 8 heteroatoms. The molecule has 0 spiro atoms. The van der Waals surface area contributed by atoms with Crippen molar-refractivity contribution in [3.05, 3.63) is 54.4 Å². The topological polar surface area (TPSA) is 91.3 Å². The Hall–Kier alpha value is -3.55. The van der Waals surface area contributed by atoms with Crippen molar-refractivity contribution in [3.63, 3.8) is 0 Å². The molecule has 0 atom stereocenters. The van der Waals surface area contributed by atoms with Crippen LogP contribution in [0.3, 0.4) is 0 Å². The van der Waals surface area contributed by atoms with Crippen LogP contribution in [0.5, 0.6) is 0 Å². The summed E-state index contributed by atoms with van der Waals surface area (Å²) in [7, 11) is 0. The molecule has 0 saturated carbocycles. The van der Waals surface area contributed by atoms with E-state index in [2.05, 4.69) is 20.5 Å². The Bertz CT molecular complexity index is 1010. The second-order valence-corrected chi connectivity index (χ2v) is 6.61. The zero-order valence-corrected chi connectivity index (χ0v) is 15.5. The van der Waals surface area contributed by atoms with Crippen molar-refractivity contribution >= 4 is 34.2 Å². The molecule has 3 aromatic rings. The maximum absolute atomic E-state index is 12.6. The normalized spacial score (nSPS) is 14.2. The average Bonchev–Trinajstić information content (AvgIpc) is 2.74. The summed E-state index contributed by atoms with van der Waals surface area (Å²) in [6.07, 6.45) is 1.74. The van der Waals surface area contributed by atoms with Gasteiger partial charge in [0.25, 0.3) is 5.91 Å². The minimum Gasteiger partial charge on any atom is -0.339 e. The third-order valence-corrected chi connectivity index (χ3v) is 4.79. The van der Waals surface area contributed by atoms with Gasteiger partial charge in [0.1, 0.15) is 0 Å². The van der Waals surface area contributed by atoms with Crippen LogP contribution < -0.4 is 5.32 Å². The second kappa shape index (κ2) is 7.59. The zero-order chi connectivity index (χ0) is 19.5. The summed E-state index contributed by atoms with van der Waals surface area (Å²) in [4.78, 5) is 31.9. The van der Waals surface area contributed by atoms with E-state index in [1.807, 2.05) is 30.3 Å². The molecule has 0 unspecified atom stereocenters. The molecule has 0 aliphatic carbocycles. The van der Waals surface area contributed by atoms with Crippen LogP contribution in [0.2, 0.25) is 0 Å². The van der Waals surface area contributed by atoms with Gasteiger partial charge in [0, 0.05) is 44.7 Å². The summed E-state index contributed by atoms with van der Waals surface area (Å²) >= 11 is 0. The molecule has 1 aromatic carbocycles. The van der Waals surface area contributed by atoms with Gasteiger partial charge in [-0.15, -0.1) is 10.2 Å². The summed E-state index contributed by atoms with van der Waals surface area (Å²) in [5.74, 6) is 0.399. The number of rotatable bonds is 3. The number of amides is 2. The van der Waals surface area contributed by atoms with E-state index in [0.717, 1.165) is 16.6 Å². The smallest absolute Gasteiger partial charge is 0.274 e. The van der Waals surface area contributed by atoms with Gasteiger partial charge >= 0.3 is 0 Å². The van der Waals surface area contributed by atoms with Crippen molar-refractivity contribution in [2.75, 3.05) is 31.5 Å². The fourth-order valence-electron chi connectivity index (χ4n) is 3.24. The standard InChI is InChI=1S/C20H20N6O2/c1-14(27)25-10-12-26(13-11-25)20(28)17-7-8-18(24-23-17)22-16-6-2-4-15-5-3-9-21-19(15)16/h2-9H,10-13H2,1H3,(H,22,24). The Morgan fingerprint density at radius 2 is 1.68 bits per heavy atom. The Kier molecular flexibility index (Phi) is 4.84. The Morgan fingerprint density at radius 1 is 0.929 bits per heavy atom. The number of para-hydroxylation sites is 1. The number of nitrogens with zero attached hydrogens (tertiary/aromatic N) is 5. The van der Waals surface area contributed by atoms with Crippen molar-refractivity contribution < 1.29 is 9.59 Å². The second-order valence-electron chi connectivity index (χ2n) is 6.61. The van der Waals surface area contributed by atoms with Crippen LogP contribution in [0.25, 0.3) is 10.9 Å². The molecule has 1 aliphatic rings. The van der Waals surface area contributed by atoms with Crippen molar-refractivity contribution in [2.45, 2.75) is 6.92 Å². The highest BCUT2D eigenvalue weighted by molar-refractivity contribution is 5.93. The first-order chi connectivity index (χ1) is 13.6. The number of benzene rings is 1. The first-order valence-corrected chi connectivity index (χ1v) is 9.11. The fraction of sp³-hybridized carbons (Fsp3) is 0.250. The third-order valence-electron chi connectivity index (χ3n) is 4.79. The lowest BCUT2D eigenvalue weighted by Crippen LogP contribution is -2.50. The molecule has 1 fully saturated rings. The van der Waals surface area contributed by atoms with Gasteiger partial charge in [-0.2, -0.15) is 0 Å². The quantitative estimate of drug-likeness (QED) is 0.752. The van der Waals surface area contributed by atoms with E-state index in [4.69, 9.17) is 0 Å². The third kappa shape index (κ3) is 3.62. The fourth-order valence-corrected chi connectivity index (χ4v) is 3.24. The lowest BCUT2D eigenvalue weighted by Gasteiger charge is -2.33. The lowest BCUT2D eigenvalue weighted by atomic mass is 10.2. The number of hydrogen-bond donors (Lipinski definition) is 1. The van der Waals surface area contributed by atoms with Gasteiger partial charge in [-0.25, -0.2) is 0 Å². The molecule has 2 amide bonds. The van der Waals surface area contributed by atoms with Gasteiger partial charge in [0.15, 0.2) is 11.5 Å². The SMILES string of the molecule is CC(=O)N1CCN(C(=O)c2ccc(Nc3cccc4cccnc34)nn2)CC1. The van der Waals surface area contributed by atoms with E-state index in [1.54, 1.807) is 35.1 Å². The molecule has 28 heavy (non-hydrogen) atoms. The van der Waals surface area contributed by atoms with Crippen LogP contribution in [0.15, 0.2) is 48.7 Å². The van der Waals surface area contributed by atoms with Gasteiger partial charge in [-0.1, -0.05) is 18.2 Å². The number of carbonyl (C=O) groups is 2. The predicted molar refractivity (Wildman–Crippen MR) is 105 cm³/mol. The van der Waals surface area contributed by atoms with E-state index in [0.29, 0.717) is 32.0 Å². The molecular weight excluding hydrogens is 356 g/mol. The van der Waals surface area contributed by atoms with E-state index in [1.165, 1.54) is 0 Å². The molecule has 0 radical (unpaired) electrons. The zero-order valence-electron chi connectivity index (χ0n) is 15.5. The molecule has 0 bridgehead atoms. The summed E-state index contributed by atoms with van der Waals surface area (Å²) < 4.78 is 0. The Labute approximate surface area is 162 Å². The molecule has 3 heterocycles. The summed E-state index contributed by atoms with van der Waals surface area (Å²) in [6.45, 7) is 3.63. The summed E-state index contributed by atoms with van der Waals surface area (Å²) in [6, 6.07) is 13.1.